The fourth-order valence-corrected chi connectivity index (χ4v) is 2.21. The van der Waals surface area contributed by atoms with Gasteiger partial charge in [-0.1, -0.05) is 6.58 Å². The molecule has 0 aromatic heterocycles. The van der Waals surface area contributed by atoms with Crippen LogP contribution in [0.15, 0.2) is 12.2 Å². The molecule has 6 nitrogen and oxygen atoms in total. The fraction of sp³-hybridized carbons (Fsp3) is 0.769. The number of nitrogens with zero attached hydrogens (tertiary/aromatic N) is 1. The first-order valence-electron chi connectivity index (χ1n) is 6.63. The molecule has 20 heavy (non-hydrogen) atoms. The summed E-state index contributed by atoms with van der Waals surface area (Å²) < 4.78 is 35.6. The summed E-state index contributed by atoms with van der Waals surface area (Å²) in [5.74, 6) is -0.572. The number of unbranched alkanes of at least 4 members (excludes halogenated alkanes) is 1. The highest BCUT2D eigenvalue weighted by molar-refractivity contribution is 7.85. The molecule has 0 rings (SSSR count). The lowest BCUT2D eigenvalue weighted by atomic mass is 10.2. The van der Waals surface area contributed by atoms with E-state index in [1.54, 1.807) is 6.92 Å². The first-order valence-corrected chi connectivity index (χ1v) is 8.24. The minimum Gasteiger partial charge on any atom is -0.462 e. The van der Waals surface area contributed by atoms with Crippen molar-refractivity contribution in [1.29, 1.82) is 0 Å². The van der Waals surface area contributed by atoms with E-state index < -0.39 is 10.1 Å². The van der Waals surface area contributed by atoms with Crippen molar-refractivity contribution in [2.45, 2.75) is 26.2 Å². The van der Waals surface area contributed by atoms with E-state index in [4.69, 9.17) is 9.29 Å². The number of ether oxygens (including phenoxy) is 1. The zero-order valence-electron chi connectivity index (χ0n) is 12.6. The summed E-state index contributed by atoms with van der Waals surface area (Å²) in [6.45, 7) is 7.01. The van der Waals surface area contributed by atoms with Crippen LogP contribution in [0.2, 0.25) is 0 Å². The third-order valence-corrected chi connectivity index (χ3v) is 3.71. The van der Waals surface area contributed by atoms with Gasteiger partial charge in [-0.25, -0.2) is 4.79 Å². The van der Waals surface area contributed by atoms with Crippen LogP contribution in [0.4, 0.5) is 0 Å². The quantitative estimate of drug-likeness (QED) is 0.216. The molecule has 0 aliphatic rings. The topological polar surface area (TPSA) is 80.7 Å². The second-order valence-corrected chi connectivity index (χ2v) is 7.22. The predicted octanol–water partition coefficient (Wildman–Crippen LogP) is 1.24. The number of carbonyl (C=O) groups is 1. The molecule has 0 amide bonds. The number of quaternary nitrogens is 1. The van der Waals surface area contributed by atoms with E-state index >= 15 is 0 Å². The maximum absolute atomic E-state index is 11.1. The lowest BCUT2D eigenvalue weighted by Crippen LogP contribution is -2.41. The van der Waals surface area contributed by atoms with Crippen LogP contribution in [0.3, 0.4) is 0 Å². The Hall–Kier alpha value is -0.920. The van der Waals surface area contributed by atoms with Crippen LogP contribution < -0.4 is 0 Å². The van der Waals surface area contributed by atoms with Gasteiger partial charge in [0.15, 0.2) is 0 Å². The molecule has 0 aliphatic carbocycles. The second kappa shape index (κ2) is 8.39. The van der Waals surface area contributed by atoms with Gasteiger partial charge in [-0.05, 0) is 19.8 Å². The van der Waals surface area contributed by atoms with Gasteiger partial charge >= 0.3 is 5.97 Å². The molecule has 0 fully saturated rings. The lowest BCUT2D eigenvalue weighted by Gasteiger charge is -2.29. The van der Waals surface area contributed by atoms with E-state index in [0.717, 1.165) is 19.4 Å². The molecule has 0 aromatic rings. The van der Waals surface area contributed by atoms with Crippen molar-refractivity contribution < 1.29 is 27.0 Å². The Labute approximate surface area is 121 Å². The van der Waals surface area contributed by atoms with E-state index in [0.29, 0.717) is 29.6 Å². The molecule has 0 saturated heterocycles. The second-order valence-electron chi connectivity index (χ2n) is 5.65. The Morgan fingerprint density at radius 2 is 1.75 bits per heavy atom. The Morgan fingerprint density at radius 1 is 1.20 bits per heavy atom. The van der Waals surface area contributed by atoms with Crippen molar-refractivity contribution in [3.63, 3.8) is 0 Å². The molecule has 0 aromatic carbocycles. The summed E-state index contributed by atoms with van der Waals surface area (Å²) in [5, 5.41) is 0. The highest BCUT2D eigenvalue weighted by Crippen LogP contribution is 2.05. The summed E-state index contributed by atoms with van der Waals surface area (Å²) in [5.41, 5.74) is 0.395. The molecule has 7 heteroatoms. The molecule has 0 radical (unpaired) electrons. The zero-order valence-corrected chi connectivity index (χ0v) is 13.4. The van der Waals surface area contributed by atoms with Gasteiger partial charge in [0.1, 0.15) is 0 Å². The van der Waals surface area contributed by atoms with Crippen molar-refractivity contribution in [3.05, 3.63) is 12.2 Å². The molecule has 0 heterocycles. The van der Waals surface area contributed by atoms with Crippen molar-refractivity contribution >= 4 is 16.1 Å². The van der Waals surface area contributed by atoms with Crippen LogP contribution in [0.5, 0.6) is 0 Å². The predicted molar refractivity (Wildman–Crippen MR) is 77.9 cm³/mol. The van der Waals surface area contributed by atoms with E-state index in [-0.39, 0.29) is 11.7 Å². The van der Waals surface area contributed by atoms with Crippen LogP contribution >= 0.6 is 0 Å². The smallest absolute Gasteiger partial charge is 0.333 e. The van der Waals surface area contributed by atoms with Gasteiger partial charge in [0, 0.05) is 12.0 Å². The normalized spacial score (nSPS) is 12.2. The van der Waals surface area contributed by atoms with Crippen molar-refractivity contribution in [1.82, 2.24) is 0 Å². The molecule has 0 aliphatic heterocycles. The zero-order chi connectivity index (χ0) is 15.8. The summed E-state index contributed by atoms with van der Waals surface area (Å²) in [6, 6.07) is 0. The first-order chi connectivity index (χ1) is 9.03. The lowest BCUT2D eigenvalue weighted by molar-refractivity contribution is -0.890. The maximum Gasteiger partial charge on any atom is 0.333 e. The summed E-state index contributed by atoms with van der Waals surface area (Å²) >= 11 is 0. The minimum atomic E-state index is -3.87. The van der Waals surface area contributed by atoms with Crippen LogP contribution in [-0.2, 0) is 19.6 Å². The van der Waals surface area contributed by atoms with Gasteiger partial charge < -0.3 is 9.22 Å². The van der Waals surface area contributed by atoms with E-state index in [1.807, 2.05) is 14.1 Å². The fourth-order valence-electron chi connectivity index (χ4n) is 1.72. The number of esters is 1. The third-order valence-electron chi connectivity index (χ3n) is 2.91. The molecule has 118 valence electrons. The van der Waals surface area contributed by atoms with Crippen molar-refractivity contribution in [3.8, 4) is 0 Å². The number of hydrogen-bond acceptors (Lipinski definition) is 4. The number of hydrogen-bond donors (Lipinski definition) is 1. The van der Waals surface area contributed by atoms with Gasteiger partial charge in [-0.3, -0.25) is 4.55 Å². The van der Waals surface area contributed by atoms with Crippen molar-refractivity contribution in [2.75, 3.05) is 39.5 Å². The summed E-state index contributed by atoms with van der Waals surface area (Å²) in [7, 11) is 0.139. The van der Waals surface area contributed by atoms with Crippen LogP contribution in [0, 0.1) is 0 Å². The molecule has 1 N–H and O–H groups in total. The summed E-state index contributed by atoms with van der Waals surface area (Å²) in [4.78, 5) is 11.1. The molecule has 0 spiro atoms. The monoisotopic (exact) mass is 308 g/mol. The Kier molecular flexibility index (Phi) is 8.00. The molecule has 0 bridgehead atoms. The third kappa shape index (κ3) is 11.0. The van der Waals surface area contributed by atoms with Gasteiger partial charge in [0.25, 0.3) is 10.1 Å². The Bertz CT molecular complexity index is 428. The van der Waals surface area contributed by atoms with Gasteiger partial charge in [-0.15, -0.1) is 0 Å². The first kappa shape index (κ1) is 19.1. The molecular weight excluding hydrogens is 282 g/mol. The average molecular weight is 308 g/mol. The van der Waals surface area contributed by atoms with Gasteiger partial charge in [-0.2, -0.15) is 8.42 Å². The van der Waals surface area contributed by atoms with E-state index in [1.165, 1.54) is 0 Å². The summed E-state index contributed by atoms with van der Waals surface area (Å²) in [6.07, 6.45) is 2.07. The van der Waals surface area contributed by atoms with Crippen LogP contribution in [-0.4, -0.2) is 63.0 Å². The maximum atomic E-state index is 11.1. The van der Waals surface area contributed by atoms with E-state index in [9.17, 15) is 13.2 Å². The van der Waals surface area contributed by atoms with Crippen LogP contribution in [0.25, 0.3) is 0 Å². The molecule has 0 atom stereocenters. The average Bonchev–Trinajstić information content (AvgIpc) is 2.25. The van der Waals surface area contributed by atoms with E-state index in [2.05, 4.69) is 6.58 Å². The number of rotatable bonds is 10. The molecular formula is C13H26NO5S+. The minimum absolute atomic E-state index is 0.203. The largest absolute Gasteiger partial charge is 0.462 e. The standard InChI is InChI=1S/C13H25NO5S/c1-12(2)13(15)19-10-6-5-8-14(3,4)9-7-11-20(16,17)18/h1,5-11H2,2-4H3/p+1. The highest BCUT2D eigenvalue weighted by atomic mass is 32.2. The Morgan fingerprint density at radius 3 is 2.25 bits per heavy atom. The highest BCUT2D eigenvalue weighted by Gasteiger charge is 2.16. The van der Waals surface area contributed by atoms with Gasteiger partial charge in [0.2, 0.25) is 0 Å². The SMILES string of the molecule is C=C(C)C(=O)OCCCC[N+](C)(C)CCCS(=O)(=O)O. The van der Waals surface area contributed by atoms with Gasteiger partial charge in [0.05, 0.1) is 39.5 Å². The molecule has 0 saturated carbocycles. The Balaban J connectivity index is 3.77. The van der Waals surface area contributed by atoms with Crippen LogP contribution in [0.1, 0.15) is 26.2 Å². The number of carbonyl (C=O) groups excluding carboxylic acids is 1. The van der Waals surface area contributed by atoms with Crippen molar-refractivity contribution in [2.24, 2.45) is 0 Å². The molecule has 0 unspecified atom stereocenters.